The van der Waals surface area contributed by atoms with E-state index in [0.717, 1.165) is 12.8 Å². The molecule has 0 saturated carbocycles. The number of nitrogens with one attached hydrogen (secondary N) is 1. The minimum absolute atomic E-state index is 0.0731. The fraction of sp³-hybridized carbons (Fsp3) is 0.409. The third kappa shape index (κ3) is 5.29. The van der Waals surface area contributed by atoms with Crippen LogP contribution in [0.25, 0.3) is 0 Å². The summed E-state index contributed by atoms with van der Waals surface area (Å²) in [6, 6.07) is 11.0. The van der Waals surface area contributed by atoms with Gasteiger partial charge in [0.15, 0.2) is 11.5 Å². The van der Waals surface area contributed by atoms with Crippen LogP contribution in [0.3, 0.4) is 0 Å². The van der Waals surface area contributed by atoms with Crippen molar-refractivity contribution < 1.29 is 27.4 Å². The van der Waals surface area contributed by atoms with E-state index < -0.39 is 16.1 Å². The first-order valence-electron chi connectivity index (χ1n) is 10.1. The van der Waals surface area contributed by atoms with Crippen molar-refractivity contribution in [2.24, 2.45) is 0 Å². The maximum atomic E-state index is 13.2. The number of carbonyl (C=O) groups excluding carboxylic acids is 1. The van der Waals surface area contributed by atoms with E-state index in [-0.39, 0.29) is 17.2 Å². The summed E-state index contributed by atoms with van der Waals surface area (Å²) in [5.74, 6) is 1.39. The van der Waals surface area contributed by atoms with Crippen LogP contribution in [0, 0.1) is 0 Å². The Morgan fingerprint density at radius 3 is 2.35 bits per heavy atom. The maximum Gasteiger partial charge on any atom is 0.243 e. The molecule has 1 amide bonds. The van der Waals surface area contributed by atoms with Crippen molar-refractivity contribution in [3.8, 4) is 17.2 Å². The normalized spacial score (nSPS) is 17.1. The van der Waals surface area contributed by atoms with Crippen molar-refractivity contribution in [2.45, 2.75) is 36.6 Å². The summed E-state index contributed by atoms with van der Waals surface area (Å²) in [7, 11) is 0.876. The molecule has 0 aliphatic carbocycles. The fourth-order valence-corrected chi connectivity index (χ4v) is 5.41. The van der Waals surface area contributed by atoms with E-state index in [1.165, 1.54) is 37.8 Å². The molecule has 1 heterocycles. The predicted octanol–water partition coefficient (Wildman–Crippen LogP) is 3.28. The average Bonchev–Trinajstić information content (AvgIpc) is 2.79. The molecule has 1 aliphatic heterocycles. The number of rotatable bonds is 8. The molecule has 0 radical (unpaired) electrons. The molecule has 9 heteroatoms. The zero-order valence-corrected chi connectivity index (χ0v) is 18.8. The number of piperidine rings is 1. The van der Waals surface area contributed by atoms with Gasteiger partial charge >= 0.3 is 0 Å². The molecule has 1 aliphatic rings. The first-order chi connectivity index (χ1) is 14.9. The quantitative estimate of drug-likeness (QED) is 0.666. The molecule has 1 saturated heterocycles. The Hall–Kier alpha value is -2.78. The largest absolute Gasteiger partial charge is 0.497 e. The van der Waals surface area contributed by atoms with Gasteiger partial charge in [0.05, 0.1) is 26.2 Å². The Morgan fingerprint density at radius 1 is 1.00 bits per heavy atom. The summed E-state index contributed by atoms with van der Waals surface area (Å²) in [4.78, 5) is 12.9. The number of anilines is 1. The van der Waals surface area contributed by atoms with Gasteiger partial charge in [0.2, 0.25) is 15.9 Å². The van der Waals surface area contributed by atoms with Gasteiger partial charge in [-0.3, -0.25) is 4.79 Å². The fourth-order valence-electron chi connectivity index (χ4n) is 3.72. The van der Waals surface area contributed by atoms with Gasteiger partial charge in [0.25, 0.3) is 0 Å². The third-order valence-corrected chi connectivity index (χ3v) is 7.29. The van der Waals surface area contributed by atoms with Crippen LogP contribution >= 0.6 is 0 Å². The second-order valence-corrected chi connectivity index (χ2v) is 9.15. The highest BCUT2D eigenvalue weighted by molar-refractivity contribution is 7.89. The Bertz CT molecular complexity index is 1010. The van der Waals surface area contributed by atoms with Gasteiger partial charge in [-0.15, -0.1) is 0 Å². The molecule has 3 rings (SSSR count). The first kappa shape index (κ1) is 22.9. The van der Waals surface area contributed by atoms with Gasteiger partial charge in [0.1, 0.15) is 5.75 Å². The third-order valence-electron chi connectivity index (χ3n) is 5.33. The van der Waals surface area contributed by atoms with E-state index in [2.05, 4.69) is 5.32 Å². The van der Waals surface area contributed by atoms with E-state index in [0.29, 0.717) is 35.9 Å². The number of methoxy groups -OCH3 is 3. The predicted molar refractivity (Wildman–Crippen MR) is 117 cm³/mol. The van der Waals surface area contributed by atoms with Gasteiger partial charge in [0, 0.05) is 30.8 Å². The van der Waals surface area contributed by atoms with Crippen LogP contribution in [0.15, 0.2) is 47.4 Å². The van der Waals surface area contributed by atoms with Crippen molar-refractivity contribution >= 4 is 21.6 Å². The topological polar surface area (TPSA) is 94.2 Å². The summed E-state index contributed by atoms with van der Waals surface area (Å²) < 4.78 is 43.5. The van der Waals surface area contributed by atoms with Crippen LogP contribution in [-0.2, 0) is 14.8 Å². The highest BCUT2D eigenvalue weighted by Crippen LogP contribution is 2.31. The summed E-state index contributed by atoms with van der Waals surface area (Å²) in [5, 5.41) is 2.83. The van der Waals surface area contributed by atoms with Crippen LogP contribution in [0.5, 0.6) is 17.2 Å². The number of carbonyl (C=O) groups is 1. The number of nitrogens with zero attached hydrogens (tertiary/aromatic N) is 1. The van der Waals surface area contributed by atoms with E-state index >= 15 is 0 Å². The van der Waals surface area contributed by atoms with Crippen molar-refractivity contribution in [1.82, 2.24) is 4.31 Å². The molecule has 168 valence electrons. The number of hydrogen-bond donors (Lipinski definition) is 1. The summed E-state index contributed by atoms with van der Waals surface area (Å²) in [6.07, 6.45) is 2.35. The molecular weight excluding hydrogens is 420 g/mol. The van der Waals surface area contributed by atoms with Crippen LogP contribution in [0.2, 0.25) is 0 Å². The molecule has 2 aromatic carbocycles. The van der Waals surface area contributed by atoms with E-state index in [1.807, 2.05) is 0 Å². The van der Waals surface area contributed by atoms with E-state index in [1.54, 1.807) is 30.3 Å². The van der Waals surface area contributed by atoms with Crippen LogP contribution in [-0.4, -0.2) is 52.5 Å². The lowest BCUT2D eigenvalue weighted by atomic mass is 10.0. The van der Waals surface area contributed by atoms with Crippen molar-refractivity contribution in [1.29, 1.82) is 0 Å². The molecule has 1 N–H and O–H groups in total. The summed E-state index contributed by atoms with van der Waals surface area (Å²) >= 11 is 0. The van der Waals surface area contributed by atoms with Gasteiger partial charge in [-0.2, -0.15) is 4.31 Å². The SMILES string of the molecule is COc1ccc(S(=O)(=O)N2CCCC[C@@H]2CC(=O)Nc2ccc(OC)c(OC)c2)cc1. The lowest BCUT2D eigenvalue weighted by Crippen LogP contribution is -2.45. The zero-order valence-electron chi connectivity index (χ0n) is 18.0. The molecule has 31 heavy (non-hydrogen) atoms. The standard InChI is InChI=1S/C22H28N2O6S/c1-28-18-8-10-19(11-9-18)31(26,27)24-13-5-4-6-17(24)15-22(25)23-16-7-12-20(29-2)21(14-16)30-3/h7-12,14,17H,4-6,13,15H2,1-3H3,(H,23,25)/t17-/m1/s1. The second kappa shape index (κ2) is 10.0. The van der Waals surface area contributed by atoms with E-state index in [9.17, 15) is 13.2 Å². The van der Waals surface area contributed by atoms with Crippen LogP contribution in [0.4, 0.5) is 5.69 Å². The molecule has 0 spiro atoms. The highest BCUT2D eigenvalue weighted by Gasteiger charge is 2.34. The molecule has 0 bridgehead atoms. The highest BCUT2D eigenvalue weighted by atomic mass is 32.2. The number of sulfonamides is 1. The van der Waals surface area contributed by atoms with Crippen molar-refractivity contribution in [3.63, 3.8) is 0 Å². The van der Waals surface area contributed by atoms with Crippen molar-refractivity contribution in [2.75, 3.05) is 33.2 Å². The molecule has 1 atom stereocenters. The number of ether oxygens (including phenoxy) is 3. The average molecular weight is 449 g/mol. The molecule has 0 aromatic heterocycles. The maximum absolute atomic E-state index is 13.2. The Kier molecular flexibility index (Phi) is 7.40. The smallest absolute Gasteiger partial charge is 0.243 e. The molecule has 8 nitrogen and oxygen atoms in total. The van der Waals surface area contributed by atoms with Gasteiger partial charge in [-0.05, 0) is 49.2 Å². The minimum Gasteiger partial charge on any atom is -0.497 e. The monoisotopic (exact) mass is 448 g/mol. The number of benzene rings is 2. The van der Waals surface area contributed by atoms with Crippen LogP contribution in [0.1, 0.15) is 25.7 Å². The number of hydrogen-bond acceptors (Lipinski definition) is 6. The second-order valence-electron chi connectivity index (χ2n) is 7.26. The first-order valence-corrected chi connectivity index (χ1v) is 11.5. The minimum atomic E-state index is -3.71. The Morgan fingerprint density at radius 2 is 1.71 bits per heavy atom. The zero-order chi connectivity index (χ0) is 22.4. The van der Waals surface area contributed by atoms with E-state index in [4.69, 9.17) is 14.2 Å². The summed E-state index contributed by atoms with van der Waals surface area (Å²) in [5.41, 5.74) is 0.558. The Balaban J connectivity index is 1.73. The molecule has 2 aromatic rings. The van der Waals surface area contributed by atoms with Crippen molar-refractivity contribution in [3.05, 3.63) is 42.5 Å². The molecule has 1 fully saturated rings. The van der Waals surface area contributed by atoms with Gasteiger partial charge < -0.3 is 19.5 Å². The summed E-state index contributed by atoms with van der Waals surface area (Å²) in [6.45, 7) is 0.392. The lowest BCUT2D eigenvalue weighted by molar-refractivity contribution is -0.117. The van der Waals surface area contributed by atoms with Gasteiger partial charge in [-0.25, -0.2) is 8.42 Å². The lowest BCUT2D eigenvalue weighted by Gasteiger charge is -2.34. The van der Waals surface area contributed by atoms with Crippen LogP contribution < -0.4 is 19.5 Å². The number of amides is 1. The van der Waals surface area contributed by atoms with Gasteiger partial charge in [-0.1, -0.05) is 6.42 Å². The molecular formula is C22H28N2O6S. The Labute approximate surface area is 183 Å². The molecule has 0 unspecified atom stereocenters.